The SMILES string of the molecule is Cc1cc(F)ccc1Nc1cc(-c2cccnc2)nc(NCCO)n1. The zero-order chi connectivity index (χ0) is 17.6. The van der Waals surface area contributed by atoms with Gasteiger partial charge in [0.15, 0.2) is 0 Å². The van der Waals surface area contributed by atoms with Gasteiger partial charge in [0.25, 0.3) is 0 Å². The number of anilines is 3. The lowest BCUT2D eigenvalue weighted by Gasteiger charge is -2.12. The summed E-state index contributed by atoms with van der Waals surface area (Å²) in [6.45, 7) is 2.13. The third-order valence-electron chi connectivity index (χ3n) is 3.53. The molecule has 0 saturated heterocycles. The molecule has 0 saturated carbocycles. The van der Waals surface area contributed by atoms with Gasteiger partial charge in [0.05, 0.1) is 12.3 Å². The van der Waals surface area contributed by atoms with Crippen molar-refractivity contribution in [3.63, 3.8) is 0 Å². The third-order valence-corrected chi connectivity index (χ3v) is 3.53. The van der Waals surface area contributed by atoms with Crippen molar-refractivity contribution < 1.29 is 9.50 Å². The zero-order valence-electron chi connectivity index (χ0n) is 13.7. The lowest BCUT2D eigenvalue weighted by molar-refractivity contribution is 0.311. The van der Waals surface area contributed by atoms with Gasteiger partial charge in [-0.05, 0) is 42.8 Å². The number of halogens is 1. The highest BCUT2D eigenvalue weighted by Crippen LogP contribution is 2.25. The number of nitrogens with zero attached hydrogens (tertiary/aromatic N) is 3. The van der Waals surface area contributed by atoms with E-state index >= 15 is 0 Å². The molecule has 128 valence electrons. The summed E-state index contributed by atoms with van der Waals surface area (Å²) in [5.74, 6) is 0.661. The molecule has 3 aromatic rings. The monoisotopic (exact) mass is 339 g/mol. The van der Waals surface area contributed by atoms with E-state index in [1.807, 2.05) is 19.1 Å². The summed E-state index contributed by atoms with van der Waals surface area (Å²) < 4.78 is 13.3. The van der Waals surface area contributed by atoms with Gasteiger partial charge in [-0.15, -0.1) is 0 Å². The second-order valence-electron chi connectivity index (χ2n) is 5.44. The Morgan fingerprint density at radius 2 is 2.04 bits per heavy atom. The molecule has 0 bridgehead atoms. The van der Waals surface area contributed by atoms with Gasteiger partial charge < -0.3 is 15.7 Å². The Hall–Kier alpha value is -3.06. The van der Waals surface area contributed by atoms with Crippen molar-refractivity contribution in [1.82, 2.24) is 15.0 Å². The Morgan fingerprint density at radius 1 is 1.16 bits per heavy atom. The van der Waals surface area contributed by atoms with E-state index in [0.29, 0.717) is 24.0 Å². The lowest BCUT2D eigenvalue weighted by Crippen LogP contribution is -2.10. The minimum absolute atomic E-state index is 0.0275. The second-order valence-corrected chi connectivity index (χ2v) is 5.44. The number of pyridine rings is 1. The fourth-order valence-corrected chi connectivity index (χ4v) is 2.33. The number of rotatable bonds is 6. The molecule has 25 heavy (non-hydrogen) atoms. The van der Waals surface area contributed by atoms with Gasteiger partial charge in [-0.2, -0.15) is 4.98 Å². The van der Waals surface area contributed by atoms with Crippen LogP contribution in [-0.4, -0.2) is 33.2 Å². The molecule has 3 N–H and O–H groups in total. The van der Waals surface area contributed by atoms with Gasteiger partial charge in [-0.25, -0.2) is 9.37 Å². The molecule has 2 heterocycles. The molecule has 0 aliphatic carbocycles. The molecule has 0 aliphatic rings. The Bertz CT molecular complexity index is 857. The first-order valence-corrected chi connectivity index (χ1v) is 7.83. The Balaban J connectivity index is 1.96. The maximum atomic E-state index is 13.3. The van der Waals surface area contributed by atoms with Crippen LogP contribution in [-0.2, 0) is 0 Å². The summed E-state index contributed by atoms with van der Waals surface area (Å²) in [5.41, 5.74) is 3.05. The highest BCUT2D eigenvalue weighted by Gasteiger charge is 2.08. The molecule has 0 spiro atoms. The van der Waals surface area contributed by atoms with Gasteiger partial charge in [0.1, 0.15) is 11.6 Å². The molecule has 1 aromatic carbocycles. The second kappa shape index (κ2) is 7.67. The van der Waals surface area contributed by atoms with E-state index in [9.17, 15) is 4.39 Å². The van der Waals surface area contributed by atoms with E-state index in [1.165, 1.54) is 12.1 Å². The minimum atomic E-state index is -0.285. The first-order chi connectivity index (χ1) is 12.2. The molecule has 6 nitrogen and oxygen atoms in total. The van der Waals surface area contributed by atoms with Crippen LogP contribution in [0.1, 0.15) is 5.56 Å². The van der Waals surface area contributed by atoms with Crippen LogP contribution >= 0.6 is 0 Å². The molecule has 3 rings (SSSR count). The highest BCUT2D eigenvalue weighted by molar-refractivity contribution is 5.68. The fourth-order valence-electron chi connectivity index (χ4n) is 2.33. The maximum absolute atomic E-state index is 13.3. The summed E-state index contributed by atoms with van der Waals surface area (Å²) in [5, 5.41) is 15.1. The molecule has 0 amide bonds. The van der Waals surface area contributed by atoms with Crippen molar-refractivity contribution in [3.8, 4) is 11.3 Å². The number of aromatic nitrogens is 3. The van der Waals surface area contributed by atoms with Crippen LogP contribution < -0.4 is 10.6 Å². The van der Waals surface area contributed by atoms with Gasteiger partial charge in [0.2, 0.25) is 5.95 Å². The Kier molecular flexibility index (Phi) is 5.15. The normalized spacial score (nSPS) is 10.5. The smallest absolute Gasteiger partial charge is 0.225 e. The first kappa shape index (κ1) is 16.8. The summed E-state index contributed by atoms with van der Waals surface area (Å²) in [7, 11) is 0. The summed E-state index contributed by atoms with van der Waals surface area (Å²) in [6, 6.07) is 10.0. The van der Waals surface area contributed by atoms with Crippen molar-refractivity contribution in [2.24, 2.45) is 0 Å². The molecule has 2 aromatic heterocycles. The number of nitrogens with one attached hydrogen (secondary N) is 2. The quantitative estimate of drug-likeness (QED) is 0.640. The fraction of sp³-hybridized carbons (Fsp3) is 0.167. The number of aryl methyl sites for hydroxylation is 1. The van der Waals surface area contributed by atoms with Crippen molar-refractivity contribution in [3.05, 3.63) is 60.2 Å². The molecular weight excluding hydrogens is 321 g/mol. The number of aliphatic hydroxyl groups excluding tert-OH is 1. The van der Waals surface area contributed by atoms with Gasteiger partial charge in [-0.3, -0.25) is 4.98 Å². The highest BCUT2D eigenvalue weighted by atomic mass is 19.1. The van der Waals surface area contributed by atoms with Gasteiger partial charge in [-0.1, -0.05) is 0 Å². The number of hydrogen-bond donors (Lipinski definition) is 3. The lowest BCUT2D eigenvalue weighted by atomic mass is 10.2. The van der Waals surface area contributed by atoms with Gasteiger partial charge >= 0.3 is 0 Å². The molecule has 0 radical (unpaired) electrons. The van der Waals surface area contributed by atoms with E-state index in [-0.39, 0.29) is 12.4 Å². The standard InChI is InChI=1S/C18H18FN5O/c1-12-9-14(19)4-5-15(12)22-17-10-16(13-3-2-6-20-11-13)23-18(24-17)21-7-8-25/h2-6,9-11,25H,7-8H2,1H3,(H2,21,22,23,24). The van der Waals surface area contributed by atoms with Crippen molar-refractivity contribution >= 4 is 17.5 Å². The van der Waals surface area contributed by atoms with E-state index in [2.05, 4.69) is 25.6 Å². The van der Waals surface area contributed by atoms with E-state index < -0.39 is 0 Å². The van der Waals surface area contributed by atoms with Gasteiger partial charge in [0, 0.05) is 36.3 Å². The van der Waals surface area contributed by atoms with E-state index in [0.717, 1.165) is 16.8 Å². The van der Waals surface area contributed by atoms with E-state index in [4.69, 9.17) is 5.11 Å². The van der Waals surface area contributed by atoms with Crippen LogP contribution in [0.3, 0.4) is 0 Å². The van der Waals surface area contributed by atoms with Crippen molar-refractivity contribution in [2.45, 2.75) is 6.92 Å². The summed E-state index contributed by atoms with van der Waals surface area (Å²) in [6.07, 6.45) is 3.40. The largest absolute Gasteiger partial charge is 0.395 e. The van der Waals surface area contributed by atoms with Crippen LogP contribution in [0.5, 0.6) is 0 Å². The average Bonchev–Trinajstić information content (AvgIpc) is 2.63. The number of aliphatic hydroxyl groups is 1. The maximum Gasteiger partial charge on any atom is 0.225 e. The predicted octanol–water partition coefficient (Wildman–Crippen LogP) is 3.13. The molecule has 0 aliphatic heterocycles. The molecule has 0 atom stereocenters. The summed E-state index contributed by atoms with van der Waals surface area (Å²) in [4.78, 5) is 13.0. The third kappa shape index (κ3) is 4.27. The van der Waals surface area contributed by atoms with E-state index in [1.54, 1.807) is 24.5 Å². The molecule has 7 heteroatoms. The van der Waals surface area contributed by atoms with Crippen LogP contribution in [0.15, 0.2) is 48.8 Å². The zero-order valence-corrected chi connectivity index (χ0v) is 13.7. The first-order valence-electron chi connectivity index (χ1n) is 7.83. The molecule has 0 fully saturated rings. The minimum Gasteiger partial charge on any atom is -0.395 e. The topological polar surface area (TPSA) is 83.0 Å². The van der Waals surface area contributed by atoms with Crippen LogP contribution in [0.25, 0.3) is 11.3 Å². The number of hydrogen-bond acceptors (Lipinski definition) is 6. The van der Waals surface area contributed by atoms with Crippen LogP contribution in [0, 0.1) is 12.7 Å². The predicted molar refractivity (Wildman–Crippen MR) is 95.3 cm³/mol. The number of benzene rings is 1. The Labute approximate surface area is 144 Å². The summed E-state index contributed by atoms with van der Waals surface area (Å²) >= 11 is 0. The van der Waals surface area contributed by atoms with Crippen LogP contribution in [0.4, 0.5) is 21.8 Å². The van der Waals surface area contributed by atoms with Crippen LogP contribution in [0.2, 0.25) is 0 Å². The van der Waals surface area contributed by atoms with Crippen molar-refractivity contribution in [2.75, 3.05) is 23.8 Å². The Morgan fingerprint density at radius 3 is 2.76 bits per heavy atom. The molecule has 0 unspecified atom stereocenters. The van der Waals surface area contributed by atoms with Crippen molar-refractivity contribution in [1.29, 1.82) is 0 Å². The molecular formula is C18H18FN5O. The average molecular weight is 339 g/mol.